The standard InChI is InChI=1S/C14H20FNO4S/c1-16(6-7-20-10-11-2-3-11)21(18,19)14-8-12(9-17)4-5-13(14)15/h4-5,8,11,17H,2-3,6-7,9-10H2,1H3. The Balaban J connectivity index is 2.01. The van der Waals surface area contributed by atoms with E-state index in [9.17, 15) is 12.8 Å². The third-order valence-electron chi connectivity index (χ3n) is 3.47. The molecule has 1 fully saturated rings. The number of halogens is 1. The summed E-state index contributed by atoms with van der Waals surface area (Å²) in [4.78, 5) is -0.418. The van der Waals surface area contributed by atoms with E-state index < -0.39 is 20.7 Å². The molecule has 1 N–H and O–H groups in total. The van der Waals surface area contributed by atoms with Gasteiger partial charge in [-0.2, -0.15) is 4.31 Å². The van der Waals surface area contributed by atoms with E-state index in [2.05, 4.69) is 0 Å². The van der Waals surface area contributed by atoms with E-state index in [1.807, 2.05) is 0 Å². The molecule has 1 saturated carbocycles. The van der Waals surface area contributed by atoms with Crippen LogP contribution in [0.25, 0.3) is 0 Å². The molecule has 0 radical (unpaired) electrons. The van der Waals surface area contributed by atoms with Crippen LogP contribution in [-0.2, 0) is 21.4 Å². The third kappa shape index (κ3) is 4.23. The van der Waals surface area contributed by atoms with Crippen molar-refractivity contribution in [3.63, 3.8) is 0 Å². The lowest BCUT2D eigenvalue weighted by Gasteiger charge is -2.18. The molecule has 0 unspecified atom stereocenters. The van der Waals surface area contributed by atoms with Crippen LogP contribution in [0.5, 0.6) is 0 Å². The van der Waals surface area contributed by atoms with E-state index in [0.29, 0.717) is 18.1 Å². The van der Waals surface area contributed by atoms with Crippen molar-refractivity contribution in [2.45, 2.75) is 24.3 Å². The second kappa shape index (κ2) is 6.83. The van der Waals surface area contributed by atoms with Gasteiger partial charge >= 0.3 is 0 Å². The van der Waals surface area contributed by atoms with Crippen LogP contribution in [0.2, 0.25) is 0 Å². The Hall–Kier alpha value is -1.02. The molecule has 0 aromatic heterocycles. The van der Waals surface area contributed by atoms with Crippen molar-refractivity contribution in [3.05, 3.63) is 29.6 Å². The highest BCUT2D eigenvalue weighted by Crippen LogP contribution is 2.28. The fraction of sp³-hybridized carbons (Fsp3) is 0.571. The number of aliphatic hydroxyl groups excluding tert-OH is 1. The molecule has 2 rings (SSSR count). The SMILES string of the molecule is CN(CCOCC1CC1)S(=O)(=O)c1cc(CO)ccc1F. The Morgan fingerprint density at radius 2 is 2.14 bits per heavy atom. The molecule has 21 heavy (non-hydrogen) atoms. The third-order valence-corrected chi connectivity index (χ3v) is 5.34. The first-order valence-corrected chi connectivity index (χ1v) is 8.32. The minimum Gasteiger partial charge on any atom is -0.392 e. The monoisotopic (exact) mass is 317 g/mol. The van der Waals surface area contributed by atoms with Gasteiger partial charge in [0.2, 0.25) is 10.0 Å². The predicted molar refractivity (Wildman–Crippen MR) is 75.7 cm³/mol. The van der Waals surface area contributed by atoms with Crippen molar-refractivity contribution >= 4 is 10.0 Å². The summed E-state index contributed by atoms with van der Waals surface area (Å²) in [6.07, 6.45) is 2.35. The lowest BCUT2D eigenvalue weighted by molar-refractivity contribution is 0.117. The Kier molecular flexibility index (Phi) is 5.32. The number of hydrogen-bond acceptors (Lipinski definition) is 4. The fourth-order valence-corrected chi connectivity index (χ4v) is 3.12. The van der Waals surface area contributed by atoms with Crippen LogP contribution < -0.4 is 0 Å². The van der Waals surface area contributed by atoms with Crippen molar-refractivity contribution in [2.75, 3.05) is 26.8 Å². The Labute approximate surface area is 124 Å². The van der Waals surface area contributed by atoms with Gasteiger partial charge in [-0.1, -0.05) is 6.07 Å². The number of likely N-dealkylation sites (N-methyl/N-ethyl adjacent to an activating group) is 1. The minimum atomic E-state index is -3.92. The summed E-state index contributed by atoms with van der Waals surface area (Å²) in [6.45, 7) is 0.768. The second-order valence-corrected chi connectivity index (χ2v) is 7.28. The van der Waals surface area contributed by atoms with Gasteiger partial charge in [-0.15, -0.1) is 0 Å². The van der Waals surface area contributed by atoms with Gasteiger partial charge in [0.25, 0.3) is 0 Å². The average molecular weight is 317 g/mol. The molecule has 1 aromatic carbocycles. The minimum absolute atomic E-state index is 0.165. The maximum absolute atomic E-state index is 13.7. The van der Waals surface area contributed by atoms with Gasteiger partial charge in [-0.05, 0) is 36.5 Å². The van der Waals surface area contributed by atoms with Crippen LogP contribution in [0.15, 0.2) is 23.1 Å². The Morgan fingerprint density at radius 1 is 1.43 bits per heavy atom. The van der Waals surface area contributed by atoms with Gasteiger partial charge in [0.05, 0.1) is 13.2 Å². The number of aliphatic hydroxyl groups is 1. The molecule has 0 spiro atoms. The first-order valence-electron chi connectivity index (χ1n) is 6.88. The Bertz CT molecular complexity index is 587. The van der Waals surface area contributed by atoms with Crippen LogP contribution in [-0.4, -0.2) is 44.6 Å². The molecule has 1 aliphatic carbocycles. The van der Waals surface area contributed by atoms with E-state index in [1.165, 1.54) is 26.0 Å². The van der Waals surface area contributed by atoms with Crippen molar-refractivity contribution in [2.24, 2.45) is 5.92 Å². The van der Waals surface area contributed by atoms with Crippen LogP contribution in [0.4, 0.5) is 4.39 Å². The number of ether oxygens (including phenoxy) is 1. The molecule has 118 valence electrons. The van der Waals surface area contributed by atoms with Crippen LogP contribution in [0, 0.1) is 11.7 Å². The summed E-state index contributed by atoms with van der Waals surface area (Å²) in [5, 5.41) is 9.04. The highest BCUT2D eigenvalue weighted by atomic mass is 32.2. The summed E-state index contributed by atoms with van der Waals surface area (Å²) in [7, 11) is -2.53. The first-order chi connectivity index (χ1) is 9.95. The molecular formula is C14H20FNO4S. The highest BCUT2D eigenvalue weighted by Gasteiger charge is 2.25. The fourth-order valence-electron chi connectivity index (χ4n) is 1.86. The summed E-state index contributed by atoms with van der Waals surface area (Å²) in [5.41, 5.74) is 0.355. The zero-order valence-corrected chi connectivity index (χ0v) is 12.8. The molecule has 0 atom stereocenters. The second-order valence-electron chi connectivity index (χ2n) is 5.27. The van der Waals surface area contributed by atoms with E-state index in [1.54, 1.807) is 0 Å². The summed E-state index contributed by atoms with van der Waals surface area (Å²) in [6, 6.07) is 3.56. The quantitative estimate of drug-likeness (QED) is 0.735. The molecule has 0 bridgehead atoms. The summed E-state index contributed by atoms with van der Waals surface area (Å²) >= 11 is 0. The van der Waals surface area contributed by atoms with Gasteiger partial charge in [-0.3, -0.25) is 0 Å². The smallest absolute Gasteiger partial charge is 0.245 e. The molecule has 1 aromatic rings. The largest absolute Gasteiger partial charge is 0.392 e. The van der Waals surface area contributed by atoms with Crippen LogP contribution >= 0.6 is 0 Å². The van der Waals surface area contributed by atoms with E-state index in [4.69, 9.17) is 9.84 Å². The molecule has 0 amide bonds. The molecule has 7 heteroatoms. The van der Waals surface area contributed by atoms with E-state index in [-0.39, 0.29) is 19.8 Å². The topological polar surface area (TPSA) is 66.8 Å². The molecule has 0 saturated heterocycles. The van der Waals surface area contributed by atoms with Crippen molar-refractivity contribution in [3.8, 4) is 0 Å². The van der Waals surface area contributed by atoms with Crippen molar-refractivity contribution < 1.29 is 22.7 Å². The van der Waals surface area contributed by atoms with Gasteiger partial charge < -0.3 is 9.84 Å². The molecular weight excluding hydrogens is 297 g/mol. The normalized spacial score (nSPS) is 15.6. The molecule has 5 nitrogen and oxygen atoms in total. The van der Waals surface area contributed by atoms with Crippen LogP contribution in [0.1, 0.15) is 18.4 Å². The highest BCUT2D eigenvalue weighted by molar-refractivity contribution is 7.89. The first kappa shape index (κ1) is 16.4. The number of benzene rings is 1. The maximum atomic E-state index is 13.7. The van der Waals surface area contributed by atoms with Gasteiger partial charge in [0, 0.05) is 20.2 Å². The van der Waals surface area contributed by atoms with Crippen molar-refractivity contribution in [1.29, 1.82) is 0 Å². The molecule has 0 aliphatic heterocycles. The zero-order chi connectivity index (χ0) is 15.5. The summed E-state index contributed by atoms with van der Waals surface area (Å²) < 4.78 is 44.8. The molecule has 0 heterocycles. The van der Waals surface area contributed by atoms with Crippen molar-refractivity contribution in [1.82, 2.24) is 4.31 Å². The number of sulfonamides is 1. The molecule has 1 aliphatic rings. The van der Waals surface area contributed by atoms with Crippen LogP contribution in [0.3, 0.4) is 0 Å². The number of nitrogens with zero attached hydrogens (tertiary/aromatic N) is 1. The summed E-state index contributed by atoms with van der Waals surface area (Å²) in [5.74, 6) is -0.205. The van der Waals surface area contributed by atoms with E-state index in [0.717, 1.165) is 16.4 Å². The zero-order valence-electron chi connectivity index (χ0n) is 12.0. The number of rotatable bonds is 8. The predicted octanol–water partition coefficient (Wildman–Crippen LogP) is 1.37. The lowest BCUT2D eigenvalue weighted by Crippen LogP contribution is -2.31. The maximum Gasteiger partial charge on any atom is 0.245 e. The number of hydrogen-bond donors (Lipinski definition) is 1. The van der Waals surface area contributed by atoms with Gasteiger partial charge in [0.15, 0.2) is 0 Å². The van der Waals surface area contributed by atoms with Gasteiger partial charge in [0.1, 0.15) is 10.7 Å². The van der Waals surface area contributed by atoms with Gasteiger partial charge in [-0.25, -0.2) is 12.8 Å². The van der Waals surface area contributed by atoms with E-state index >= 15 is 0 Å². The average Bonchev–Trinajstić information content (AvgIpc) is 3.27. The Morgan fingerprint density at radius 3 is 2.76 bits per heavy atom. The lowest BCUT2D eigenvalue weighted by atomic mass is 10.2.